The lowest BCUT2D eigenvalue weighted by molar-refractivity contribution is 0.100. The summed E-state index contributed by atoms with van der Waals surface area (Å²) >= 11 is 0. The smallest absolute Gasteiger partial charge is 0.249 e. The van der Waals surface area contributed by atoms with Gasteiger partial charge in [0.25, 0.3) is 0 Å². The number of amides is 1. The average Bonchev–Trinajstić information content (AvgIpc) is 3.27. The van der Waals surface area contributed by atoms with Gasteiger partial charge in [0.05, 0.1) is 11.1 Å². The van der Waals surface area contributed by atoms with Gasteiger partial charge in [-0.05, 0) is 73.5 Å². The molecule has 4 aromatic rings. The van der Waals surface area contributed by atoms with E-state index in [1.807, 2.05) is 36.4 Å². The third-order valence-corrected chi connectivity index (χ3v) is 6.80. The van der Waals surface area contributed by atoms with Crippen LogP contribution in [-0.2, 0) is 13.0 Å². The van der Waals surface area contributed by atoms with Crippen LogP contribution in [0.25, 0.3) is 22.1 Å². The van der Waals surface area contributed by atoms with Gasteiger partial charge in [0.2, 0.25) is 5.91 Å². The zero-order valence-corrected chi connectivity index (χ0v) is 18.7. The molecule has 1 aromatic heterocycles. The molecule has 1 amide bonds. The summed E-state index contributed by atoms with van der Waals surface area (Å²) in [7, 11) is 0. The summed E-state index contributed by atoms with van der Waals surface area (Å²) in [4.78, 5) is 14.6. The first kappa shape index (κ1) is 21.4. The van der Waals surface area contributed by atoms with Crippen LogP contribution in [0, 0.1) is 5.92 Å². The van der Waals surface area contributed by atoms with E-state index in [2.05, 4.69) is 40.4 Å². The van der Waals surface area contributed by atoms with Crippen molar-refractivity contribution >= 4 is 16.9 Å². The number of hydrogen-bond acceptors (Lipinski definition) is 4. The minimum absolute atomic E-state index is 0.428. The molecule has 0 atom stereocenters. The lowest BCUT2D eigenvalue weighted by Crippen LogP contribution is -2.33. The lowest BCUT2D eigenvalue weighted by Gasteiger charge is -2.32. The van der Waals surface area contributed by atoms with Crippen LogP contribution in [0.2, 0.25) is 0 Å². The van der Waals surface area contributed by atoms with E-state index in [1.54, 1.807) is 6.07 Å². The number of nitrogens with two attached hydrogens (primary N) is 1. The normalized spacial score (nSPS) is 15.2. The van der Waals surface area contributed by atoms with Gasteiger partial charge in [-0.25, -0.2) is 0 Å². The van der Waals surface area contributed by atoms with E-state index >= 15 is 0 Å². The SMILES string of the molecule is NC(=O)c1ccccc1-c1cccc2onc(CCC3CCN(Cc4ccccc4)CC3)c12. The minimum Gasteiger partial charge on any atom is -0.366 e. The minimum atomic E-state index is -0.428. The van der Waals surface area contributed by atoms with Crippen molar-refractivity contribution in [2.75, 3.05) is 13.1 Å². The van der Waals surface area contributed by atoms with Crippen molar-refractivity contribution in [2.45, 2.75) is 32.2 Å². The molecule has 5 heteroatoms. The fraction of sp³-hybridized carbons (Fsp3) is 0.286. The highest BCUT2D eigenvalue weighted by molar-refractivity contribution is 6.05. The molecular formula is C28H29N3O2. The Bertz CT molecular complexity index is 1240. The molecule has 5 nitrogen and oxygen atoms in total. The number of likely N-dealkylation sites (tertiary alicyclic amines) is 1. The number of nitrogens with zero attached hydrogens (tertiary/aromatic N) is 2. The summed E-state index contributed by atoms with van der Waals surface area (Å²) in [5, 5.41) is 5.40. The van der Waals surface area contributed by atoms with Gasteiger partial charge in [0.15, 0.2) is 5.58 Å². The van der Waals surface area contributed by atoms with Crippen molar-refractivity contribution in [3.8, 4) is 11.1 Å². The highest BCUT2D eigenvalue weighted by atomic mass is 16.5. The van der Waals surface area contributed by atoms with Gasteiger partial charge < -0.3 is 10.3 Å². The van der Waals surface area contributed by atoms with Crippen molar-refractivity contribution < 1.29 is 9.32 Å². The molecule has 168 valence electrons. The summed E-state index contributed by atoms with van der Waals surface area (Å²) in [6.07, 6.45) is 4.37. The van der Waals surface area contributed by atoms with E-state index in [1.165, 1.54) is 18.4 Å². The van der Waals surface area contributed by atoms with Crippen LogP contribution in [0.3, 0.4) is 0 Å². The van der Waals surface area contributed by atoms with Gasteiger partial charge in [-0.1, -0.05) is 65.8 Å². The Morgan fingerprint density at radius 1 is 0.939 bits per heavy atom. The number of carbonyl (C=O) groups excluding carboxylic acids is 1. The molecule has 1 fully saturated rings. The molecule has 0 bridgehead atoms. The van der Waals surface area contributed by atoms with Crippen LogP contribution in [0.15, 0.2) is 77.3 Å². The first-order valence-corrected chi connectivity index (χ1v) is 11.7. The van der Waals surface area contributed by atoms with Gasteiger partial charge >= 0.3 is 0 Å². The number of aromatic nitrogens is 1. The monoisotopic (exact) mass is 439 g/mol. The van der Waals surface area contributed by atoms with E-state index in [9.17, 15) is 4.79 Å². The van der Waals surface area contributed by atoms with E-state index in [0.29, 0.717) is 11.5 Å². The predicted molar refractivity (Wildman–Crippen MR) is 131 cm³/mol. The average molecular weight is 440 g/mol. The number of fused-ring (bicyclic) bond motifs is 1. The third kappa shape index (κ3) is 4.69. The Balaban J connectivity index is 1.29. The van der Waals surface area contributed by atoms with Gasteiger partial charge in [-0.15, -0.1) is 0 Å². The van der Waals surface area contributed by atoms with E-state index in [4.69, 9.17) is 10.3 Å². The molecule has 5 rings (SSSR count). The van der Waals surface area contributed by atoms with Crippen LogP contribution < -0.4 is 5.73 Å². The van der Waals surface area contributed by atoms with Gasteiger partial charge in [-0.3, -0.25) is 9.69 Å². The van der Waals surface area contributed by atoms with Crippen LogP contribution in [0.5, 0.6) is 0 Å². The van der Waals surface area contributed by atoms with Crippen molar-refractivity contribution in [2.24, 2.45) is 11.7 Å². The predicted octanol–water partition coefficient (Wildman–Crippen LogP) is 5.44. The number of hydrogen-bond donors (Lipinski definition) is 1. The Kier molecular flexibility index (Phi) is 6.22. The molecule has 0 aliphatic carbocycles. The van der Waals surface area contributed by atoms with E-state index in [-0.39, 0.29) is 0 Å². The van der Waals surface area contributed by atoms with Crippen LogP contribution in [0.4, 0.5) is 0 Å². The number of carbonyl (C=O) groups is 1. The molecule has 1 aliphatic heterocycles. The van der Waals surface area contributed by atoms with Gasteiger partial charge in [-0.2, -0.15) is 0 Å². The highest BCUT2D eigenvalue weighted by Crippen LogP contribution is 2.34. The number of primary amides is 1. The summed E-state index contributed by atoms with van der Waals surface area (Å²) in [5.41, 5.74) is 11.0. The maximum atomic E-state index is 12.0. The van der Waals surface area contributed by atoms with Crippen molar-refractivity contribution in [1.82, 2.24) is 10.1 Å². The second kappa shape index (κ2) is 9.59. The Labute approximate surface area is 194 Å². The van der Waals surface area contributed by atoms with Crippen LogP contribution >= 0.6 is 0 Å². The summed E-state index contributed by atoms with van der Waals surface area (Å²) < 4.78 is 5.66. The lowest BCUT2D eigenvalue weighted by atomic mass is 9.89. The first-order chi connectivity index (χ1) is 16.2. The number of rotatable bonds is 7. The maximum Gasteiger partial charge on any atom is 0.249 e. The first-order valence-electron chi connectivity index (χ1n) is 11.7. The second-order valence-electron chi connectivity index (χ2n) is 8.96. The molecule has 2 N–H and O–H groups in total. The van der Waals surface area contributed by atoms with Crippen LogP contribution in [-0.4, -0.2) is 29.1 Å². The molecule has 1 saturated heterocycles. The van der Waals surface area contributed by atoms with Crippen molar-refractivity contribution in [3.05, 3.63) is 89.6 Å². The topological polar surface area (TPSA) is 72.4 Å². The summed E-state index contributed by atoms with van der Waals surface area (Å²) in [5.74, 6) is 0.261. The van der Waals surface area contributed by atoms with Crippen molar-refractivity contribution in [1.29, 1.82) is 0 Å². The molecule has 3 aromatic carbocycles. The number of piperidine rings is 1. The third-order valence-electron chi connectivity index (χ3n) is 6.80. The fourth-order valence-corrected chi connectivity index (χ4v) is 5.00. The maximum absolute atomic E-state index is 12.0. The molecule has 0 spiro atoms. The van der Waals surface area contributed by atoms with Crippen LogP contribution in [0.1, 0.15) is 40.9 Å². The largest absolute Gasteiger partial charge is 0.366 e. The quantitative estimate of drug-likeness (QED) is 0.416. The molecule has 33 heavy (non-hydrogen) atoms. The second-order valence-corrected chi connectivity index (χ2v) is 8.96. The summed E-state index contributed by atoms with van der Waals surface area (Å²) in [6.45, 7) is 3.30. The van der Waals surface area contributed by atoms with E-state index < -0.39 is 5.91 Å². The zero-order chi connectivity index (χ0) is 22.6. The number of benzene rings is 3. The Morgan fingerprint density at radius 3 is 2.45 bits per heavy atom. The Hall–Kier alpha value is -3.44. The zero-order valence-electron chi connectivity index (χ0n) is 18.7. The number of aryl methyl sites for hydroxylation is 1. The highest BCUT2D eigenvalue weighted by Gasteiger charge is 2.22. The molecule has 1 aliphatic rings. The van der Waals surface area contributed by atoms with Crippen molar-refractivity contribution in [3.63, 3.8) is 0 Å². The summed E-state index contributed by atoms with van der Waals surface area (Å²) in [6, 6.07) is 24.1. The standard InChI is InChI=1S/C28H29N3O2/c29-28(32)24-10-5-4-9-22(24)23-11-6-12-26-27(23)25(30-33-26)14-13-20-15-17-31(18-16-20)19-21-7-2-1-3-8-21/h1-12,20H,13-19H2,(H2,29,32). The molecular weight excluding hydrogens is 410 g/mol. The molecule has 0 saturated carbocycles. The Morgan fingerprint density at radius 2 is 1.67 bits per heavy atom. The fourth-order valence-electron chi connectivity index (χ4n) is 5.00. The van der Waals surface area contributed by atoms with E-state index in [0.717, 1.165) is 60.3 Å². The molecule has 2 heterocycles. The molecule has 0 radical (unpaired) electrons. The van der Waals surface area contributed by atoms with Gasteiger partial charge in [0, 0.05) is 12.1 Å². The molecule has 0 unspecified atom stereocenters. The van der Waals surface area contributed by atoms with Gasteiger partial charge in [0.1, 0.15) is 0 Å².